The van der Waals surface area contributed by atoms with E-state index in [4.69, 9.17) is 14.4 Å². The maximum absolute atomic E-state index is 6.32. The number of aromatic nitrogens is 3. The van der Waals surface area contributed by atoms with Gasteiger partial charge in [-0.05, 0) is 117 Å². The standard InChI is InChI=1S/C57H36N4O/c1-2-9-38(10-3-1)52-36-54(60-53-16-8-33-58-55(52)53)41-23-30-46(31-24-41)61(45-28-21-40(22-29-45)49-13-6-14-50-51-15-7-34-59-57(51)62-56(49)50)44-26-19-37(20-27-44)42-25-32-48-43(35-42)18-17-39-11-4-5-12-47(39)48/h1-36H. The summed E-state index contributed by atoms with van der Waals surface area (Å²) in [6.45, 7) is 0. The summed E-state index contributed by atoms with van der Waals surface area (Å²) in [7, 11) is 0. The topological polar surface area (TPSA) is 55.1 Å². The van der Waals surface area contributed by atoms with Crippen LogP contribution in [0.5, 0.6) is 0 Å². The van der Waals surface area contributed by atoms with Gasteiger partial charge in [0.25, 0.3) is 0 Å². The van der Waals surface area contributed by atoms with Gasteiger partial charge >= 0.3 is 0 Å². The molecule has 0 aliphatic carbocycles. The summed E-state index contributed by atoms with van der Waals surface area (Å²) in [5, 5.41) is 7.10. The lowest BCUT2D eigenvalue weighted by Gasteiger charge is -2.26. The minimum atomic E-state index is 0.647. The smallest absolute Gasteiger partial charge is 0.227 e. The Labute approximate surface area is 357 Å². The van der Waals surface area contributed by atoms with Crippen LogP contribution < -0.4 is 4.90 Å². The number of para-hydroxylation sites is 1. The van der Waals surface area contributed by atoms with Crippen molar-refractivity contribution in [3.05, 3.63) is 219 Å². The third-order valence-corrected chi connectivity index (χ3v) is 12.0. The maximum Gasteiger partial charge on any atom is 0.227 e. The highest BCUT2D eigenvalue weighted by atomic mass is 16.3. The zero-order chi connectivity index (χ0) is 41.0. The molecular weight excluding hydrogens is 757 g/mol. The fourth-order valence-electron chi connectivity index (χ4n) is 8.92. The molecule has 0 bridgehead atoms. The predicted molar refractivity (Wildman–Crippen MR) is 256 cm³/mol. The van der Waals surface area contributed by atoms with Gasteiger partial charge < -0.3 is 9.32 Å². The van der Waals surface area contributed by atoms with E-state index in [-0.39, 0.29) is 0 Å². The molecule has 0 saturated carbocycles. The molecule has 12 rings (SSSR count). The first-order chi connectivity index (χ1) is 30.7. The van der Waals surface area contributed by atoms with Gasteiger partial charge in [0, 0.05) is 56.9 Å². The molecule has 12 aromatic rings. The number of anilines is 3. The molecular formula is C57H36N4O. The minimum Gasteiger partial charge on any atom is -0.437 e. The van der Waals surface area contributed by atoms with E-state index in [1.165, 1.54) is 27.1 Å². The van der Waals surface area contributed by atoms with Crippen molar-refractivity contribution in [1.29, 1.82) is 0 Å². The van der Waals surface area contributed by atoms with E-state index in [2.05, 4.69) is 192 Å². The van der Waals surface area contributed by atoms with E-state index >= 15 is 0 Å². The third-order valence-electron chi connectivity index (χ3n) is 12.0. The fourth-order valence-corrected chi connectivity index (χ4v) is 8.92. The largest absolute Gasteiger partial charge is 0.437 e. The van der Waals surface area contributed by atoms with Crippen LogP contribution in [0.15, 0.2) is 223 Å². The molecule has 0 unspecified atom stereocenters. The second kappa shape index (κ2) is 14.7. The quantitative estimate of drug-likeness (QED) is 0.150. The molecule has 0 saturated heterocycles. The lowest BCUT2D eigenvalue weighted by Crippen LogP contribution is -2.09. The third kappa shape index (κ3) is 6.14. The first-order valence-electron chi connectivity index (χ1n) is 20.8. The van der Waals surface area contributed by atoms with Crippen LogP contribution in [0.4, 0.5) is 17.1 Å². The molecule has 0 amide bonds. The molecule has 290 valence electrons. The van der Waals surface area contributed by atoms with Crippen LogP contribution in [0.25, 0.3) is 99.3 Å². The van der Waals surface area contributed by atoms with Crippen molar-refractivity contribution >= 4 is 71.7 Å². The van der Waals surface area contributed by atoms with Crippen molar-refractivity contribution in [2.45, 2.75) is 0 Å². The highest BCUT2D eigenvalue weighted by molar-refractivity contribution is 6.09. The molecule has 0 fully saturated rings. The monoisotopic (exact) mass is 792 g/mol. The highest BCUT2D eigenvalue weighted by Crippen LogP contribution is 2.41. The number of nitrogens with zero attached hydrogens (tertiary/aromatic N) is 4. The molecule has 5 nitrogen and oxygen atoms in total. The Morgan fingerprint density at radius 1 is 0.371 bits per heavy atom. The molecule has 0 atom stereocenters. The maximum atomic E-state index is 6.32. The van der Waals surface area contributed by atoms with Crippen LogP contribution in [0, 0.1) is 0 Å². The minimum absolute atomic E-state index is 0.647. The summed E-state index contributed by atoms with van der Waals surface area (Å²) in [5.74, 6) is 0. The van der Waals surface area contributed by atoms with Gasteiger partial charge in [-0.2, -0.15) is 0 Å². The van der Waals surface area contributed by atoms with E-state index in [1.807, 2.05) is 30.5 Å². The molecule has 8 aromatic carbocycles. The molecule has 0 radical (unpaired) electrons. The summed E-state index contributed by atoms with van der Waals surface area (Å²) < 4.78 is 6.32. The van der Waals surface area contributed by atoms with Gasteiger partial charge in [0.05, 0.1) is 16.7 Å². The summed E-state index contributed by atoms with van der Waals surface area (Å²) in [4.78, 5) is 16.6. The van der Waals surface area contributed by atoms with Gasteiger partial charge in [-0.1, -0.05) is 133 Å². The second-order valence-electron chi connectivity index (χ2n) is 15.6. The van der Waals surface area contributed by atoms with Crippen LogP contribution in [-0.2, 0) is 0 Å². The number of benzene rings is 8. The second-order valence-corrected chi connectivity index (χ2v) is 15.6. The molecule has 0 aliphatic rings. The lowest BCUT2D eigenvalue weighted by molar-refractivity contribution is 0.655. The van der Waals surface area contributed by atoms with Gasteiger partial charge in [0.15, 0.2) is 0 Å². The number of rotatable bonds is 7. The number of pyridine rings is 3. The van der Waals surface area contributed by atoms with E-state index < -0.39 is 0 Å². The molecule has 4 aromatic heterocycles. The number of hydrogen-bond acceptors (Lipinski definition) is 5. The van der Waals surface area contributed by atoms with Crippen molar-refractivity contribution in [1.82, 2.24) is 15.0 Å². The summed E-state index contributed by atoms with van der Waals surface area (Å²) in [5.41, 5.74) is 14.9. The highest BCUT2D eigenvalue weighted by Gasteiger charge is 2.17. The molecule has 0 N–H and O–H groups in total. The van der Waals surface area contributed by atoms with Gasteiger partial charge in [-0.25, -0.2) is 9.97 Å². The van der Waals surface area contributed by atoms with Gasteiger partial charge in [0.1, 0.15) is 5.58 Å². The Balaban J connectivity index is 0.937. The molecule has 62 heavy (non-hydrogen) atoms. The Morgan fingerprint density at radius 3 is 1.79 bits per heavy atom. The van der Waals surface area contributed by atoms with Crippen molar-refractivity contribution in [2.75, 3.05) is 4.90 Å². The van der Waals surface area contributed by atoms with Crippen LogP contribution >= 0.6 is 0 Å². The lowest BCUT2D eigenvalue weighted by atomic mass is 9.97. The number of hydrogen-bond donors (Lipinski definition) is 0. The molecule has 0 spiro atoms. The van der Waals surface area contributed by atoms with E-state index in [0.717, 1.165) is 83.5 Å². The Morgan fingerprint density at radius 2 is 0.984 bits per heavy atom. The zero-order valence-electron chi connectivity index (χ0n) is 33.5. The van der Waals surface area contributed by atoms with E-state index in [0.29, 0.717) is 5.71 Å². The summed E-state index contributed by atoms with van der Waals surface area (Å²) in [6.07, 6.45) is 3.60. The van der Waals surface area contributed by atoms with Crippen LogP contribution in [-0.4, -0.2) is 15.0 Å². The molecule has 0 aliphatic heterocycles. The van der Waals surface area contributed by atoms with Crippen LogP contribution in [0.3, 0.4) is 0 Å². The van der Waals surface area contributed by atoms with Crippen LogP contribution in [0.1, 0.15) is 0 Å². The van der Waals surface area contributed by atoms with Crippen molar-refractivity contribution in [3.8, 4) is 44.6 Å². The van der Waals surface area contributed by atoms with Gasteiger partial charge in [0.2, 0.25) is 5.71 Å². The zero-order valence-corrected chi connectivity index (χ0v) is 33.5. The normalized spacial score (nSPS) is 11.5. The number of furan rings is 1. The SMILES string of the molecule is c1ccc(-c2cc(-c3ccc(N(c4ccc(-c5ccc6c(ccc7ccccc76)c5)cc4)c4ccc(-c5cccc6c5oc5ncccc56)cc4)cc3)nc3cccnc23)cc1. The first-order valence-corrected chi connectivity index (χ1v) is 20.8. The first kappa shape index (κ1) is 35.5. The Hall–Kier alpha value is -8.41. The van der Waals surface area contributed by atoms with E-state index in [1.54, 1.807) is 6.20 Å². The molecule has 4 heterocycles. The summed E-state index contributed by atoms with van der Waals surface area (Å²) >= 11 is 0. The Bertz CT molecular complexity index is 3620. The average Bonchev–Trinajstić information content (AvgIpc) is 3.74. The van der Waals surface area contributed by atoms with Crippen molar-refractivity contribution < 1.29 is 4.42 Å². The summed E-state index contributed by atoms with van der Waals surface area (Å²) in [6, 6.07) is 73.0. The van der Waals surface area contributed by atoms with Gasteiger partial charge in [-0.3, -0.25) is 4.98 Å². The molecule has 5 heteroatoms. The fraction of sp³-hybridized carbons (Fsp3) is 0. The van der Waals surface area contributed by atoms with Crippen LogP contribution in [0.2, 0.25) is 0 Å². The van der Waals surface area contributed by atoms with Gasteiger partial charge in [-0.15, -0.1) is 0 Å². The van der Waals surface area contributed by atoms with E-state index in [9.17, 15) is 0 Å². The predicted octanol–water partition coefficient (Wildman–Crippen LogP) is 15.4. The van der Waals surface area contributed by atoms with Crippen molar-refractivity contribution in [2.24, 2.45) is 0 Å². The Kier molecular flexibility index (Phi) is 8.42. The van der Waals surface area contributed by atoms with Crippen molar-refractivity contribution in [3.63, 3.8) is 0 Å². The number of fused-ring (bicyclic) bond motifs is 7. The average molecular weight is 793 g/mol.